The molecular formula is C67H62N3+3. The maximum absolute atomic E-state index is 2.46. The standard InChI is InChI=1S/C67H62N3/c1-47-18-10-13-23-58(47)65-38-32-50(44-68(65)4)28-30-52-40-53(31-29-51-33-39-66(69(5)45-51)59-24-14-11-19-48(59)2)42-57(41-52)61-26-16-17-27-62(61)64-46-70(6)67(60-25-15-12-20-49(60)3)43-63(64)56-36-34-55(35-37-56)54-21-8-7-9-22-54/h7-27,32-46H,28-31H2,1-6H3/q+3. The molecule has 0 bridgehead atoms. The Kier molecular flexibility index (Phi) is 13.3. The molecule has 3 aromatic heterocycles. The monoisotopic (exact) mass is 908 g/mol. The molecule has 0 atom stereocenters. The molecule has 0 saturated carbocycles. The summed E-state index contributed by atoms with van der Waals surface area (Å²) in [4.78, 5) is 0. The summed E-state index contributed by atoms with van der Waals surface area (Å²) >= 11 is 0. The Labute approximate surface area is 415 Å². The second-order valence-corrected chi connectivity index (χ2v) is 19.1. The van der Waals surface area contributed by atoms with Crippen molar-refractivity contribution in [1.82, 2.24) is 0 Å². The molecule has 0 aliphatic carbocycles. The van der Waals surface area contributed by atoms with E-state index in [4.69, 9.17) is 0 Å². The lowest BCUT2D eigenvalue weighted by atomic mass is 9.87. The van der Waals surface area contributed by atoms with E-state index in [2.05, 4.69) is 274 Å². The van der Waals surface area contributed by atoms with Crippen LogP contribution >= 0.6 is 0 Å². The van der Waals surface area contributed by atoms with Crippen LogP contribution < -0.4 is 13.7 Å². The summed E-state index contributed by atoms with van der Waals surface area (Å²) < 4.78 is 6.89. The molecule has 342 valence electrons. The molecule has 0 aliphatic heterocycles. The van der Waals surface area contributed by atoms with Crippen LogP contribution in [0.25, 0.3) is 78.3 Å². The van der Waals surface area contributed by atoms with Crippen molar-refractivity contribution in [2.24, 2.45) is 21.1 Å². The van der Waals surface area contributed by atoms with E-state index in [-0.39, 0.29) is 0 Å². The van der Waals surface area contributed by atoms with Gasteiger partial charge >= 0.3 is 0 Å². The fourth-order valence-electron chi connectivity index (χ4n) is 10.4. The average Bonchev–Trinajstić information content (AvgIpc) is 3.38. The maximum atomic E-state index is 2.46. The zero-order chi connectivity index (χ0) is 48.1. The van der Waals surface area contributed by atoms with Crippen LogP contribution in [0.3, 0.4) is 0 Å². The van der Waals surface area contributed by atoms with Crippen LogP contribution in [-0.4, -0.2) is 0 Å². The average molecular weight is 909 g/mol. The van der Waals surface area contributed by atoms with Gasteiger partial charge in [0.15, 0.2) is 18.6 Å². The van der Waals surface area contributed by atoms with Crippen molar-refractivity contribution in [3.63, 3.8) is 0 Å². The highest BCUT2D eigenvalue weighted by Crippen LogP contribution is 2.40. The topological polar surface area (TPSA) is 11.6 Å². The minimum absolute atomic E-state index is 0.936. The Morgan fingerprint density at radius 3 is 1.16 bits per heavy atom. The molecule has 0 spiro atoms. The Morgan fingerprint density at radius 2 is 0.657 bits per heavy atom. The number of hydrogen-bond donors (Lipinski definition) is 0. The van der Waals surface area contributed by atoms with Crippen molar-refractivity contribution < 1.29 is 13.7 Å². The minimum Gasteiger partial charge on any atom is -0.201 e. The van der Waals surface area contributed by atoms with Crippen molar-refractivity contribution in [3.8, 4) is 78.3 Å². The van der Waals surface area contributed by atoms with Crippen LogP contribution in [0.1, 0.15) is 38.9 Å². The smallest absolute Gasteiger partial charge is 0.201 e. The lowest BCUT2D eigenvalue weighted by molar-refractivity contribution is -0.661. The summed E-state index contributed by atoms with van der Waals surface area (Å²) in [5, 5.41) is 0. The summed E-state index contributed by atoms with van der Waals surface area (Å²) in [6, 6.07) is 73.8. The Hall–Kier alpha value is -8.01. The van der Waals surface area contributed by atoms with Gasteiger partial charge in [-0.15, -0.1) is 0 Å². The molecule has 0 amide bonds. The number of benzene rings is 7. The first-order valence-electron chi connectivity index (χ1n) is 24.7. The van der Waals surface area contributed by atoms with E-state index < -0.39 is 0 Å². The third-order valence-electron chi connectivity index (χ3n) is 14.2. The van der Waals surface area contributed by atoms with Crippen molar-refractivity contribution in [1.29, 1.82) is 0 Å². The van der Waals surface area contributed by atoms with Gasteiger partial charge in [-0.3, -0.25) is 0 Å². The Balaban J connectivity index is 1.05. The summed E-state index contributed by atoms with van der Waals surface area (Å²) in [5.74, 6) is 0. The number of pyridine rings is 3. The summed E-state index contributed by atoms with van der Waals surface area (Å²) in [6.45, 7) is 6.59. The van der Waals surface area contributed by atoms with E-state index in [9.17, 15) is 0 Å². The first kappa shape index (κ1) is 45.8. The molecule has 0 radical (unpaired) electrons. The molecule has 3 nitrogen and oxygen atoms in total. The minimum atomic E-state index is 0.936. The molecule has 10 aromatic rings. The third kappa shape index (κ3) is 9.79. The van der Waals surface area contributed by atoms with Crippen LogP contribution in [0.15, 0.2) is 219 Å². The molecule has 10 rings (SSSR count). The third-order valence-corrected chi connectivity index (χ3v) is 14.2. The number of rotatable bonds is 13. The van der Waals surface area contributed by atoms with E-state index in [1.54, 1.807) is 0 Å². The van der Waals surface area contributed by atoms with Gasteiger partial charge in [0.05, 0.1) is 5.56 Å². The molecular weight excluding hydrogens is 847 g/mol. The van der Waals surface area contributed by atoms with Crippen molar-refractivity contribution in [2.75, 3.05) is 0 Å². The lowest BCUT2D eigenvalue weighted by Crippen LogP contribution is -2.31. The zero-order valence-electron chi connectivity index (χ0n) is 41.5. The highest BCUT2D eigenvalue weighted by molar-refractivity contribution is 5.92. The maximum Gasteiger partial charge on any atom is 0.213 e. The second-order valence-electron chi connectivity index (χ2n) is 19.1. The van der Waals surface area contributed by atoms with Gasteiger partial charge in [0.25, 0.3) is 0 Å². The molecule has 0 aliphatic rings. The molecule has 3 heterocycles. The van der Waals surface area contributed by atoms with E-state index in [1.165, 1.54) is 117 Å². The number of aryl methyl sites for hydroxylation is 10. The number of nitrogens with zero attached hydrogens (tertiary/aromatic N) is 3. The molecule has 0 fully saturated rings. The fourth-order valence-corrected chi connectivity index (χ4v) is 10.4. The van der Waals surface area contributed by atoms with Gasteiger partial charge in [0, 0.05) is 51.6 Å². The van der Waals surface area contributed by atoms with E-state index >= 15 is 0 Å². The normalized spacial score (nSPS) is 11.2. The zero-order valence-corrected chi connectivity index (χ0v) is 41.5. The molecule has 70 heavy (non-hydrogen) atoms. The molecule has 3 heteroatoms. The van der Waals surface area contributed by atoms with Crippen LogP contribution in [0.5, 0.6) is 0 Å². The van der Waals surface area contributed by atoms with Gasteiger partial charge in [-0.1, -0.05) is 152 Å². The van der Waals surface area contributed by atoms with E-state index in [1.807, 2.05) is 0 Å². The fraction of sp³-hybridized carbons (Fsp3) is 0.149. The Bertz CT molecular complexity index is 3370. The molecule has 0 saturated heterocycles. The van der Waals surface area contributed by atoms with Crippen molar-refractivity contribution in [2.45, 2.75) is 46.5 Å². The molecule has 7 aromatic carbocycles. The molecule has 0 N–H and O–H groups in total. The van der Waals surface area contributed by atoms with Gasteiger partial charge in [-0.2, -0.15) is 0 Å². The number of aromatic nitrogens is 3. The van der Waals surface area contributed by atoms with Crippen molar-refractivity contribution >= 4 is 0 Å². The van der Waals surface area contributed by atoms with Gasteiger partial charge in [0.2, 0.25) is 17.1 Å². The SMILES string of the molecule is Cc1ccccc1-c1ccc(CCc2cc(CCc3ccc(-c4ccccc4C)[n+](C)c3)cc(-c3ccccc3-c3c[n+](C)c(-c4ccccc4C)cc3-c3ccc(-c4ccccc4)cc3)c2)c[n+]1C. The first-order chi connectivity index (χ1) is 34.2. The Morgan fingerprint density at radius 1 is 0.257 bits per heavy atom. The summed E-state index contributed by atoms with van der Waals surface area (Å²) in [6.07, 6.45) is 10.8. The van der Waals surface area contributed by atoms with Crippen molar-refractivity contribution in [3.05, 3.63) is 258 Å². The van der Waals surface area contributed by atoms with E-state index in [0.717, 1.165) is 25.7 Å². The summed E-state index contributed by atoms with van der Waals surface area (Å²) in [7, 11) is 6.54. The quantitative estimate of drug-likeness (QED) is 0.102. The van der Waals surface area contributed by atoms with Crippen LogP contribution in [-0.2, 0) is 46.8 Å². The first-order valence-corrected chi connectivity index (χ1v) is 24.7. The van der Waals surface area contributed by atoms with Gasteiger partial charge in [-0.05, 0) is 138 Å². The highest BCUT2D eigenvalue weighted by Gasteiger charge is 2.23. The number of hydrogen-bond acceptors (Lipinski definition) is 0. The van der Waals surface area contributed by atoms with Crippen LogP contribution in [0.2, 0.25) is 0 Å². The predicted octanol–water partition coefficient (Wildman–Crippen LogP) is 14.3. The van der Waals surface area contributed by atoms with E-state index in [0.29, 0.717) is 0 Å². The van der Waals surface area contributed by atoms with Crippen LogP contribution in [0, 0.1) is 20.8 Å². The van der Waals surface area contributed by atoms with Gasteiger partial charge in [0.1, 0.15) is 21.1 Å². The largest absolute Gasteiger partial charge is 0.213 e. The summed E-state index contributed by atoms with van der Waals surface area (Å²) in [5.41, 5.74) is 26.4. The predicted molar refractivity (Wildman–Crippen MR) is 290 cm³/mol. The van der Waals surface area contributed by atoms with Crippen LogP contribution in [0.4, 0.5) is 0 Å². The van der Waals surface area contributed by atoms with Gasteiger partial charge < -0.3 is 0 Å². The van der Waals surface area contributed by atoms with Gasteiger partial charge in [-0.25, -0.2) is 13.7 Å². The second kappa shape index (κ2) is 20.3. The lowest BCUT2D eigenvalue weighted by Gasteiger charge is -2.17. The molecule has 0 unspecified atom stereocenters. The highest BCUT2D eigenvalue weighted by atomic mass is 14.9.